The van der Waals surface area contributed by atoms with Crippen LogP contribution in [0.25, 0.3) is 0 Å². The van der Waals surface area contributed by atoms with Crippen molar-refractivity contribution in [1.29, 1.82) is 0 Å². The average molecular weight is 337 g/mol. The molecule has 0 aromatic heterocycles. The van der Waals surface area contributed by atoms with Crippen LogP contribution in [0.1, 0.15) is 59.8 Å². The Hall–Kier alpha value is -0.900. The van der Waals surface area contributed by atoms with E-state index in [0.717, 1.165) is 38.0 Å². The first-order valence-corrected chi connectivity index (χ1v) is 9.90. The molecule has 0 spiro atoms. The van der Waals surface area contributed by atoms with Crippen molar-refractivity contribution in [2.75, 3.05) is 32.7 Å². The van der Waals surface area contributed by atoms with E-state index >= 15 is 0 Å². The molecule has 0 unspecified atom stereocenters. The first kappa shape index (κ1) is 19.4. The van der Waals surface area contributed by atoms with Crippen LogP contribution in [0, 0.1) is 23.7 Å². The molecular weight excluding hydrogens is 300 g/mol. The van der Waals surface area contributed by atoms with E-state index < -0.39 is 0 Å². The Bertz CT molecular complexity index is 417. The molecule has 0 aromatic rings. The summed E-state index contributed by atoms with van der Waals surface area (Å²) in [7, 11) is 0. The standard InChI is InChI=1S/C20H36N2O2/c1-15(2)19(23)14-21-9-5-17(6-10-21)13-18-7-11-22(12-8-18)20(24)16(3)4/h15-18H,5-14H2,1-4H3. The topological polar surface area (TPSA) is 40.6 Å². The van der Waals surface area contributed by atoms with Crippen molar-refractivity contribution >= 4 is 11.7 Å². The van der Waals surface area contributed by atoms with Crippen LogP contribution < -0.4 is 0 Å². The summed E-state index contributed by atoms with van der Waals surface area (Å²) in [6, 6.07) is 0. The summed E-state index contributed by atoms with van der Waals surface area (Å²) in [6.07, 6.45) is 6.12. The SMILES string of the molecule is CC(C)C(=O)CN1CCC(CC2CCN(C(=O)C(C)C)CC2)CC1. The first-order chi connectivity index (χ1) is 11.4. The molecule has 2 fully saturated rings. The Kier molecular flexibility index (Phi) is 7.27. The zero-order chi connectivity index (χ0) is 17.7. The van der Waals surface area contributed by atoms with Crippen molar-refractivity contribution in [3.63, 3.8) is 0 Å². The van der Waals surface area contributed by atoms with Gasteiger partial charge in [-0.2, -0.15) is 0 Å². The summed E-state index contributed by atoms with van der Waals surface area (Å²) in [5.41, 5.74) is 0. The minimum absolute atomic E-state index is 0.124. The van der Waals surface area contributed by atoms with E-state index in [9.17, 15) is 9.59 Å². The Morgan fingerprint density at radius 2 is 1.33 bits per heavy atom. The molecule has 138 valence electrons. The number of ketones is 1. The lowest BCUT2D eigenvalue weighted by molar-refractivity contribution is -0.136. The molecule has 2 rings (SSSR count). The Morgan fingerprint density at radius 3 is 1.79 bits per heavy atom. The van der Waals surface area contributed by atoms with Crippen LogP contribution in [0.15, 0.2) is 0 Å². The predicted molar refractivity (Wildman–Crippen MR) is 97.8 cm³/mol. The second-order valence-electron chi connectivity index (χ2n) is 8.50. The number of amides is 1. The number of piperidine rings is 2. The van der Waals surface area contributed by atoms with Gasteiger partial charge in [0.25, 0.3) is 0 Å². The van der Waals surface area contributed by atoms with Crippen LogP contribution in [0.5, 0.6) is 0 Å². The molecule has 0 bridgehead atoms. The summed E-state index contributed by atoms with van der Waals surface area (Å²) in [5, 5.41) is 0. The number of carbonyl (C=O) groups is 2. The number of Topliss-reactive ketones (excluding diaryl/α,β-unsaturated/α-hetero) is 1. The number of carbonyl (C=O) groups excluding carboxylic acids is 2. The van der Waals surface area contributed by atoms with Gasteiger partial charge in [-0.3, -0.25) is 14.5 Å². The number of hydrogen-bond acceptors (Lipinski definition) is 3. The number of rotatable bonds is 6. The van der Waals surface area contributed by atoms with Crippen LogP contribution in [0.2, 0.25) is 0 Å². The van der Waals surface area contributed by atoms with Crippen molar-refractivity contribution in [2.24, 2.45) is 23.7 Å². The minimum atomic E-state index is 0.124. The van der Waals surface area contributed by atoms with Gasteiger partial charge in [0.05, 0.1) is 6.54 Å². The maximum Gasteiger partial charge on any atom is 0.225 e. The second kappa shape index (κ2) is 8.98. The zero-order valence-corrected chi connectivity index (χ0v) is 16.1. The Morgan fingerprint density at radius 1 is 0.833 bits per heavy atom. The minimum Gasteiger partial charge on any atom is -0.342 e. The van der Waals surface area contributed by atoms with Gasteiger partial charge < -0.3 is 4.90 Å². The number of nitrogens with zero attached hydrogens (tertiary/aromatic N) is 2. The predicted octanol–water partition coefficient (Wildman–Crippen LogP) is 3.21. The van der Waals surface area contributed by atoms with E-state index in [-0.39, 0.29) is 11.8 Å². The summed E-state index contributed by atoms with van der Waals surface area (Å²) in [4.78, 5) is 28.3. The molecule has 24 heavy (non-hydrogen) atoms. The second-order valence-corrected chi connectivity index (χ2v) is 8.50. The maximum absolute atomic E-state index is 12.1. The normalized spacial score (nSPS) is 21.7. The molecule has 2 saturated heterocycles. The third kappa shape index (κ3) is 5.58. The van der Waals surface area contributed by atoms with Crippen molar-refractivity contribution < 1.29 is 9.59 Å². The van der Waals surface area contributed by atoms with E-state index in [1.165, 1.54) is 32.1 Å². The molecule has 2 aliphatic heterocycles. The summed E-state index contributed by atoms with van der Waals surface area (Å²) >= 11 is 0. The fourth-order valence-corrected chi connectivity index (χ4v) is 4.01. The van der Waals surface area contributed by atoms with Crippen molar-refractivity contribution in [2.45, 2.75) is 59.8 Å². The molecule has 0 aliphatic carbocycles. The highest BCUT2D eigenvalue weighted by Crippen LogP contribution is 2.30. The lowest BCUT2D eigenvalue weighted by Gasteiger charge is -2.37. The van der Waals surface area contributed by atoms with Gasteiger partial charge in [0.2, 0.25) is 5.91 Å². The monoisotopic (exact) mass is 336 g/mol. The number of hydrogen-bond donors (Lipinski definition) is 0. The molecule has 0 saturated carbocycles. The van der Waals surface area contributed by atoms with Gasteiger partial charge >= 0.3 is 0 Å². The zero-order valence-electron chi connectivity index (χ0n) is 16.1. The smallest absolute Gasteiger partial charge is 0.225 e. The lowest BCUT2D eigenvalue weighted by atomic mass is 9.82. The highest BCUT2D eigenvalue weighted by molar-refractivity contribution is 5.82. The molecule has 1 amide bonds. The molecule has 0 atom stereocenters. The van der Waals surface area contributed by atoms with E-state index in [1.807, 2.05) is 27.7 Å². The van der Waals surface area contributed by atoms with E-state index in [1.54, 1.807) is 0 Å². The fourth-order valence-electron chi connectivity index (χ4n) is 4.01. The van der Waals surface area contributed by atoms with Crippen molar-refractivity contribution in [1.82, 2.24) is 9.80 Å². The van der Waals surface area contributed by atoms with Gasteiger partial charge in [0, 0.05) is 24.9 Å². The van der Waals surface area contributed by atoms with E-state index in [0.29, 0.717) is 18.2 Å². The van der Waals surface area contributed by atoms with Crippen LogP contribution >= 0.6 is 0 Å². The molecule has 2 heterocycles. The fraction of sp³-hybridized carbons (Fsp3) is 0.900. The van der Waals surface area contributed by atoms with Crippen molar-refractivity contribution in [3.05, 3.63) is 0 Å². The van der Waals surface area contributed by atoms with E-state index in [2.05, 4.69) is 9.80 Å². The highest BCUT2D eigenvalue weighted by atomic mass is 16.2. The number of likely N-dealkylation sites (tertiary alicyclic amines) is 2. The Labute approximate surface area is 148 Å². The molecule has 0 N–H and O–H groups in total. The molecule has 4 nitrogen and oxygen atoms in total. The van der Waals surface area contributed by atoms with Gasteiger partial charge in [0.15, 0.2) is 0 Å². The van der Waals surface area contributed by atoms with Gasteiger partial charge in [0.1, 0.15) is 5.78 Å². The molecule has 4 heteroatoms. The lowest BCUT2D eigenvalue weighted by Crippen LogP contribution is -2.42. The molecule has 0 aromatic carbocycles. The average Bonchev–Trinajstić information content (AvgIpc) is 2.56. The summed E-state index contributed by atoms with van der Waals surface area (Å²) < 4.78 is 0. The van der Waals surface area contributed by atoms with Crippen LogP contribution in [-0.2, 0) is 9.59 Å². The first-order valence-electron chi connectivity index (χ1n) is 9.90. The van der Waals surface area contributed by atoms with Gasteiger partial charge in [-0.25, -0.2) is 0 Å². The van der Waals surface area contributed by atoms with Crippen LogP contribution in [0.3, 0.4) is 0 Å². The summed E-state index contributed by atoms with van der Waals surface area (Å²) in [5.74, 6) is 2.57. The third-order valence-corrected chi connectivity index (χ3v) is 5.82. The van der Waals surface area contributed by atoms with Crippen molar-refractivity contribution in [3.8, 4) is 0 Å². The van der Waals surface area contributed by atoms with Gasteiger partial charge in [-0.1, -0.05) is 27.7 Å². The third-order valence-electron chi connectivity index (χ3n) is 5.82. The molecule has 0 radical (unpaired) electrons. The largest absolute Gasteiger partial charge is 0.342 e. The Balaban J connectivity index is 1.66. The summed E-state index contributed by atoms with van der Waals surface area (Å²) in [6.45, 7) is 12.7. The quantitative estimate of drug-likeness (QED) is 0.748. The highest BCUT2D eigenvalue weighted by Gasteiger charge is 2.28. The molecule has 2 aliphatic rings. The molecular formula is C20H36N2O2. The van der Waals surface area contributed by atoms with Crippen LogP contribution in [-0.4, -0.2) is 54.2 Å². The van der Waals surface area contributed by atoms with Gasteiger partial charge in [-0.15, -0.1) is 0 Å². The van der Waals surface area contributed by atoms with E-state index in [4.69, 9.17) is 0 Å². The maximum atomic E-state index is 12.1. The van der Waals surface area contributed by atoms with Gasteiger partial charge in [-0.05, 0) is 57.0 Å². The van der Waals surface area contributed by atoms with Crippen LogP contribution in [0.4, 0.5) is 0 Å².